The van der Waals surface area contributed by atoms with E-state index in [0.717, 1.165) is 17.9 Å². The molecule has 2 unspecified atom stereocenters. The Kier molecular flexibility index (Phi) is 3.15. The summed E-state index contributed by atoms with van der Waals surface area (Å²) in [5, 5.41) is 3.69. The molecule has 1 aromatic heterocycles. The molecule has 2 aliphatic rings. The molecule has 92 valence electrons. The van der Waals surface area contributed by atoms with Gasteiger partial charge in [-0.3, -0.25) is 4.98 Å². The van der Waals surface area contributed by atoms with Crippen LogP contribution in [0.4, 0.5) is 0 Å². The third-order valence-electron chi connectivity index (χ3n) is 4.23. The largest absolute Gasteiger partial charge is 0.314 e. The van der Waals surface area contributed by atoms with Gasteiger partial charge in [-0.05, 0) is 62.1 Å². The molecule has 2 saturated carbocycles. The molecule has 2 fully saturated rings. The fraction of sp³-hybridized carbons (Fsp3) is 0.667. The van der Waals surface area contributed by atoms with Gasteiger partial charge in [0.1, 0.15) is 0 Å². The molecular formula is C15H22N2. The Morgan fingerprint density at radius 2 is 2.12 bits per heavy atom. The zero-order chi connectivity index (χ0) is 11.7. The smallest absolute Gasteiger partial charge is 0.0303 e. The van der Waals surface area contributed by atoms with Gasteiger partial charge in [0.05, 0.1) is 0 Å². The standard InChI is InChI=1S/C15H22N2/c1-11-7-13(9-16-8-11)15-4-2-3-12(15)10-17-14-5-6-14/h7-9,12,14-15,17H,2-6,10H2,1H3. The van der Waals surface area contributed by atoms with E-state index in [1.54, 1.807) is 0 Å². The second kappa shape index (κ2) is 4.77. The van der Waals surface area contributed by atoms with E-state index in [1.807, 2.05) is 6.20 Å². The number of aromatic nitrogens is 1. The molecule has 0 aromatic carbocycles. The SMILES string of the molecule is Cc1cncc(C2CCCC2CNC2CC2)c1. The maximum absolute atomic E-state index is 4.35. The predicted octanol–water partition coefficient (Wildman–Crippen LogP) is 3.03. The summed E-state index contributed by atoms with van der Waals surface area (Å²) in [4.78, 5) is 4.35. The number of aryl methyl sites for hydroxylation is 1. The molecule has 0 radical (unpaired) electrons. The van der Waals surface area contributed by atoms with Crippen molar-refractivity contribution in [3.05, 3.63) is 29.6 Å². The van der Waals surface area contributed by atoms with Gasteiger partial charge in [0.25, 0.3) is 0 Å². The number of hydrogen-bond acceptors (Lipinski definition) is 2. The minimum absolute atomic E-state index is 0.744. The quantitative estimate of drug-likeness (QED) is 0.860. The van der Waals surface area contributed by atoms with Crippen LogP contribution < -0.4 is 5.32 Å². The summed E-state index contributed by atoms with van der Waals surface area (Å²) in [5.74, 6) is 1.58. The maximum atomic E-state index is 4.35. The molecule has 2 aliphatic carbocycles. The Bertz CT molecular complexity index is 384. The Morgan fingerprint density at radius 1 is 1.24 bits per heavy atom. The number of nitrogens with zero attached hydrogens (tertiary/aromatic N) is 1. The predicted molar refractivity (Wildman–Crippen MR) is 70.1 cm³/mol. The van der Waals surface area contributed by atoms with E-state index in [-0.39, 0.29) is 0 Å². The van der Waals surface area contributed by atoms with Gasteiger partial charge in [0.15, 0.2) is 0 Å². The molecule has 0 amide bonds. The van der Waals surface area contributed by atoms with Gasteiger partial charge in [0, 0.05) is 18.4 Å². The van der Waals surface area contributed by atoms with Crippen LogP contribution in [0.5, 0.6) is 0 Å². The topological polar surface area (TPSA) is 24.9 Å². The second-order valence-electron chi connectivity index (χ2n) is 5.78. The third kappa shape index (κ3) is 2.68. The zero-order valence-corrected chi connectivity index (χ0v) is 10.7. The highest BCUT2D eigenvalue weighted by Crippen LogP contribution is 2.39. The molecule has 0 bridgehead atoms. The Morgan fingerprint density at radius 3 is 2.88 bits per heavy atom. The summed E-state index contributed by atoms with van der Waals surface area (Å²) in [5.41, 5.74) is 2.76. The van der Waals surface area contributed by atoms with Crippen LogP contribution in [0.3, 0.4) is 0 Å². The summed E-state index contributed by atoms with van der Waals surface area (Å²) in [6, 6.07) is 3.17. The molecule has 1 aromatic rings. The Balaban J connectivity index is 1.67. The molecule has 17 heavy (non-hydrogen) atoms. The first kappa shape index (κ1) is 11.2. The van der Waals surface area contributed by atoms with Crippen molar-refractivity contribution < 1.29 is 0 Å². The van der Waals surface area contributed by atoms with E-state index in [1.165, 1.54) is 49.8 Å². The monoisotopic (exact) mass is 230 g/mol. The van der Waals surface area contributed by atoms with Gasteiger partial charge in [-0.15, -0.1) is 0 Å². The number of rotatable bonds is 4. The first-order valence-electron chi connectivity index (χ1n) is 6.98. The van der Waals surface area contributed by atoms with Crippen molar-refractivity contribution in [3.8, 4) is 0 Å². The van der Waals surface area contributed by atoms with E-state index < -0.39 is 0 Å². The summed E-state index contributed by atoms with van der Waals surface area (Å²) in [6.07, 6.45) is 10.9. The molecule has 3 rings (SSSR count). The first-order valence-corrected chi connectivity index (χ1v) is 6.98. The molecule has 2 nitrogen and oxygen atoms in total. The minimum atomic E-state index is 0.744. The molecule has 0 aliphatic heterocycles. The first-order chi connectivity index (χ1) is 8.33. The molecule has 0 saturated heterocycles. The lowest BCUT2D eigenvalue weighted by Crippen LogP contribution is -2.26. The van der Waals surface area contributed by atoms with Crippen molar-refractivity contribution in [2.24, 2.45) is 5.92 Å². The van der Waals surface area contributed by atoms with E-state index >= 15 is 0 Å². The van der Waals surface area contributed by atoms with E-state index in [2.05, 4.69) is 29.5 Å². The van der Waals surface area contributed by atoms with Crippen LogP contribution in [0.15, 0.2) is 18.5 Å². The average Bonchev–Trinajstić information content (AvgIpc) is 3.04. The number of hydrogen-bond donors (Lipinski definition) is 1. The lowest BCUT2D eigenvalue weighted by Gasteiger charge is -2.20. The van der Waals surface area contributed by atoms with Crippen LogP contribution in [0.1, 0.15) is 49.1 Å². The highest BCUT2D eigenvalue weighted by Gasteiger charge is 2.30. The van der Waals surface area contributed by atoms with Gasteiger partial charge in [0.2, 0.25) is 0 Å². The highest BCUT2D eigenvalue weighted by molar-refractivity contribution is 5.22. The summed E-state index contributed by atoms with van der Waals surface area (Å²) < 4.78 is 0. The van der Waals surface area contributed by atoms with Crippen LogP contribution in [-0.2, 0) is 0 Å². The molecular weight excluding hydrogens is 208 g/mol. The van der Waals surface area contributed by atoms with Crippen molar-refractivity contribution in [2.45, 2.75) is 51.0 Å². The van der Waals surface area contributed by atoms with Crippen LogP contribution in [-0.4, -0.2) is 17.6 Å². The average molecular weight is 230 g/mol. The van der Waals surface area contributed by atoms with Crippen molar-refractivity contribution in [1.29, 1.82) is 0 Å². The van der Waals surface area contributed by atoms with E-state index in [0.29, 0.717) is 0 Å². The van der Waals surface area contributed by atoms with Crippen molar-refractivity contribution in [1.82, 2.24) is 10.3 Å². The third-order valence-corrected chi connectivity index (χ3v) is 4.23. The normalized spacial score (nSPS) is 28.5. The van der Waals surface area contributed by atoms with Crippen molar-refractivity contribution in [2.75, 3.05) is 6.54 Å². The van der Waals surface area contributed by atoms with Gasteiger partial charge >= 0.3 is 0 Å². The van der Waals surface area contributed by atoms with Crippen LogP contribution in [0.2, 0.25) is 0 Å². The minimum Gasteiger partial charge on any atom is -0.314 e. The van der Waals surface area contributed by atoms with Gasteiger partial charge in [-0.1, -0.05) is 12.5 Å². The lowest BCUT2D eigenvalue weighted by atomic mass is 9.89. The van der Waals surface area contributed by atoms with Gasteiger partial charge < -0.3 is 5.32 Å². The molecule has 0 spiro atoms. The molecule has 1 N–H and O–H groups in total. The summed E-state index contributed by atoms with van der Waals surface area (Å²) in [7, 11) is 0. The second-order valence-corrected chi connectivity index (χ2v) is 5.78. The van der Waals surface area contributed by atoms with Crippen LogP contribution >= 0.6 is 0 Å². The number of pyridine rings is 1. The van der Waals surface area contributed by atoms with Gasteiger partial charge in [-0.2, -0.15) is 0 Å². The lowest BCUT2D eigenvalue weighted by molar-refractivity contribution is 0.442. The molecule has 2 atom stereocenters. The number of nitrogens with one attached hydrogen (secondary N) is 1. The molecule has 2 heteroatoms. The van der Waals surface area contributed by atoms with Gasteiger partial charge in [-0.25, -0.2) is 0 Å². The van der Waals surface area contributed by atoms with E-state index in [9.17, 15) is 0 Å². The van der Waals surface area contributed by atoms with E-state index in [4.69, 9.17) is 0 Å². The highest BCUT2D eigenvalue weighted by atomic mass is 14.9. The summed E-state index contributed by atoms with van der Waals surface area (Å²) >= 11 is 0. The summed E-state index contributed by atoms with van der Waals surface area (Å²) in [6.45, 7) is 3.35. The van der Waals surface area contributed by atoms with Crippen molar-refractivity contribution >= 4 is 0 Å². The Labute approximate surface area is 104 Å². The fourth-order valence-corrected chi connectivity index (χ4v) is 3.11. The Hall–Kier alpha value is -0.890. The maximum Gasteiger partial charge on any atom is 0.0303 e. The van der Waals surface area contributed by atoms with Crippen LogP contribution in [0.25, 0.3) is 0 Å². The fourth-order valence-electron chi connectivity index (χ4n) is 3.11. The molecule has 1 heterocycles. The zero-order valence-electron chi connectivity index (χ0n) is 10.7. The van der Waals surface area contributed by atoms with Crippen LogP contribution in [0, 0.1) is 12.8 Å². The van der Waals surface area contributed by atoms with Crippen molar-refractivity contribution in [3.63, 3.8) is 0 Å².